The maximum absolute atomic E-state index is 12.9. The molecule has 4 heterocycles. The van der Waals surface area contributed by atoms with Crippen molar-refractivity contribution in [2.24, 2.45) is 7.05 Å². The molecule has 0 aliphatic carbocycles. The first kappa shape index (κ1) is 22.2. The van der Waals surface area contributed by atoms with E-state index >= 15 is 0 Å². The normalized spacial score (nSPS) is 15.2. The van der Waals surface area contributed by atoms with Gasteiger partial charge in [0, 0.05) is 35.1 Å². The molecule has 0 saturated heterocycles. The quantitative estimate of drug-likeness (QED) is 0.324. The third-order valence-electron chi connectivity index (χ3n) is 5.90. The molecule has 33 heavy (non-hydrogen) atoms. The van der Waals surface area contributed by atoms with Crippen LogP contribution in [0.25, 0.3) is 11.3 Å². The summed E-state index contributed by atoms with van der Waals surface area (Å²) in [7, 11) is 3.61. The zero-order chi connectivity index (χ0) is 23.3. The number of anilines is 1. The average molecular weight is 514 g/mol. The molecule has 4 aromatic rings. The fraction of sp³-hybridized carbons (Fsp3) is 0.167. The lowest BCUT2D eigenvalue weighted by Crippen LogP contribution is -2.32. The summed E-state index contributed by atoms with van der Waals surface area (Å²) < 4.78 is 9.59. The standard InChI is InChI=1S/C24H17Cl2N3O2S2/c1-28-15(12-27)4-6-17(28)14-3-5-18-16(11-14)24(19-7-9-21(25)32-19,20-8-10-22(26)33-20)31-13-23(30)29(18)2/h3-11H,13H2,1-2H3. The second-order valence-electron chi connectivity index (χ2n) is 7.64. The van der Waals surface area contributed by atoms with Gasteiger partial charge in [-0.1, -0.05) is 29.3 Å². The zero-order valence-electron chi connectivity index (χ0n) is 17.6. The van der Waals surface area contributed by atoms with Crippen LogP contribution in [-0.2, 0) is 22.2 Å². The zero-order valence-corrected chi connectivity index (χ0v) is 20.8. The summed E-state index contributed by atoms with van der Waals surface area (Å²) in [6.45, 7) is -0.103. The number of fused-ring (bicyclic) bond motifs is 1. The first-order valence-corrected chi connectivity index (χ1v) is 12.4. The molecule has 3 aromatic heterocycles. The Kier molecular flexibility index (Phi) is 5.60. The van der Waals surface area contributed by atoms with Crippen LogP contribution >= 0.6 is 45.9 Å². The third kappa shape index (κ3) is 3.50. The van der Waals surface area contributed by atoms with Crippen molar-refractivity contribution in [1.29, 1.82) is 5.26 Å². The maximum Gasteiger partial charge on any atom is 0.252 e. The minimum Gasteiger partial charge on any atom is -0.349 e. The molecular formula is C24H17Cl2N3O2S2. The van der Waals surface area contributed by atoms with E-state index in [0.29, 0.717) is 14.4 Å². The number of nitriles is 1. The lowest BCUT2D eigenvalue weighted by molar-refractivity contribution is -0.125. The highest BCUT2D eigenvalue weighted by Crippen LogP contribution is 2.51. The van der Waals surface area contributed by atoms with Crippen LogP contribution in [0.3, 0.4) is 0 Å². The van der Waals surface area contributed by atoms with Crippen molar-refractivity contribution in [1.82, 2.24) is 4.57 Å². The van der Waals surface area contributed by atoms with Crippen LogP contribution < -0.4 is 4.90 Å². The van der Waals surface area contributed by atoms with Gasteiger partial charge in [-0.05, 0) is 54.1 Å². The fourth-order valence-electron chi connectivity index (χ4n) is 4.20. The Morgan fingerprint density at radius 2 is 1.67 bits per heavy atom. The molecule has 0 unspecified atom stereocenters. The molecule has 0 bridgehead atoms. The minimum absolute atomic E-state index is 0.103. The highest BCUT2D eigenvalue weighted by atomic mass is 35.5. The van der Waals surface area contributed by atoms with Crippen molar-refractivity contribution in [3.8, 4) is 17.3 Å². The molecule has 1 aromatic carbocycles. The smallest absolute Gasteiger partial charge is 0.252 e. The molecule has 0 radical (unpaired) electrons. The second kappa shape index (κ2) is 8.32. The van der Waals surface area contributed by atoms with Gasteiger partial charge in [0.25, 0.3) is 5.91 Å². The van der Waals surface area contributed by atoms with Crippen LogP contribution in [0.2, 0.25) is 8.67 Å². The van der Waals surface area contributed by atoms with E-state index in [9.17, 15) is 10.1 Å². The number of aromatic nitrogens is 1. The number of carbonyl (C=O) groups excluding carboxylic acids is 1. The van der Waals surface area contributed by atoms with E-state index in [1.54, 1.807) is 18.0 Å². The van der Waals surface area contributed by atoms with E-state index in [1.807, 2.05) is 60.1 Å². The summed E-state index contributed by atoms with van der Waals surface area (Å²) in [5, 5.41) is 9.40. The molecule has 5 rings (SSSR count). The number of benzene rings is 1. The summed E-state index contributed by atoms with van der Waals surface area (Å²) in [6, 6.07) is 19.4. The Balaban J connectivity index is 1.85. The number of halogens is 2. The first-order valence-electron chi connectivity index (χ1n) is 9.98. The summed E-state index contributed by atoms with van der Waals surface area (Å²) in [5.74, 6) is -0.151. The molecule has 1 amide bonds. The van der Waals surface area contributed by atoms with E-state index in [0.717, 1.165) is 32.3 Å². The average Bonchev–Trinajstić information content (AvgIpc) is 3.52. The highest BCUT2D eigenvalue weighted by molar-refractivity contribution is 7.18. The Hall–Kier alpha value is -2.60. The van der Waals surface area contributed by atoms with Gasteiger partial charge in [0.05, 0.1) is 14.4 Å². The molecule has 9 heteroatoms. The number of thiophene rings is 2. The number of ether oxygens (including phenoxy) is 1. The van der Waals surface area contributed by atoms with Gasteiger partial charge < -0.3 is 14.2 Å². The number of carbonyl (C=O) groups is 1. The molecule has 0 fully saturated rings. The van der Waals surface area contributed by atoms with Crippen molar-refractivity contribution >= 4 is 57.5 Å². The first-order chi connectivity index (χ1) is 15.8. The molecule has 1 aliphatic heterocycles. The van der Waals surface area contributed by atoms with Crippen molar-refractivity contribution in [3.05, 3.63) is 84.3 Å². The van der Waals surface area contributed by atoms with Gasteiger partial charge in [-0.15, -0.1) is 22.7 Å². The van der Waals surface area contributed by atoms with Gasteiger partial charge in [-0.3, -0.25) is 4.79 Å². The lowest BCUT2D eigenvalue weighted by atomic mass is 9.87. The Morgan fingerprint density at radius 3 is 2.21 bits per heavy atom. The minimum atomic E-state index is -1.06. The third-order valence-corrected chi connectivity index (χ3v) is 8.56. The SMILES string of the molecule is CN1C(=O)COC(c2ccc(Cl)s2)(c2ccc(Cl)s2)c2cc(-c3ccc(C#N)n3C)ccc21. The second-order valence-corrected chi connectivity index (χ2v) is 11.1. The fourth-order valence-corrected chi connectivity index (χ4v) is 6.70. The van der Waals surface area contributed by atoms with Crippen molar-refractivity contribution in [3.63, 3.8) is 0 Å². The number of rotatable bonds is 3. The summed E-state index contributed by atoms with van der Waals surface area (Å²) >= 11 is 15.5. The van der Waals surface area contributed by atoms with Crippen molar-refractivity contribution < 1.29 is 9.53 Å². The highest BCUT2D eigenvalue weighted by Gasteiger charge is 2.45. The Bertz CT molecular complexity index is 1390. The van der Waals surface area contributed by atoms with Crippen LogP contribution in [0.5, 0.6) is 0 Å². The summed E-state index contributed by atoms with van der Waals surface area (Å²) in [4.78, 5) is 16.2. The van der Waals surface area contributed by atoms with Crippen molar-refractivity contribution in [2.75, 3.05) is 18.6 Å². The molecule has 0 spiro atoms. The Labute approximate surface area is 209 Å². The lowest BCUT2D eigenvalue weighted by Gasteiger charge is -2.33. The number of likely N-dealkylation sites (N-methyl/N-ethyl adjacent to an activating group) is 1. The van der Waals surface area contributed by atoms with E-state index in [2.05, 4.69) is 6.07 Å². The maximum atomic E-state index is 12.9. The van der Waals surface area contributed by atoms with Gasteiger partial charge in [-0.2, -0.15) is 5.26 Å². The Morgan fingerprint density at radius 1 is 1.00 bits per heavy atom. The molecule has 5 nitrogen and oxygen atoms in total. The van der Waals surface area contributed by atoms with Gasteiger partial charge in [-0.25, -0.2) is 0 Å². The van der Waals surface area contributed by atoms with E-state index in [-0.39, 0.29) is 12.5 Å². The molecule has 0 atom stereocenters. The van der Waals surface area contributed by atoms with Crippen LogP contribution in [-0.4, -0.2) is 24.1 Å². The van der Waals surface area contributed by atoms with Gasteiger partial charge in [0.15, 0.2) is 5.60 Å². The monoisotopic (exact) mass is 513 g/mol. The van der Waals surface area contributed by atoms with Gasteiger partial charge in [0.1, 0.15) is 18.4 Å². The van der Waals surface area contributed by atoms with Crippen LogP contribution in [0.1, 0.15) is 21.0 Å². The van der Waals surface area contributed by atoms with Gasteiger partial charge >= 0.3 is 0 Å². The summed E-state index contributed by atoms with van der Waals surface area (Å²) in [5.41, 5.74) is 2.83. The topological polar surface area (TPSA) is 58.3 Å². The number of amides is 1. The number of nitrogens with zero attached hydrogens (tertiary/aromatic N) is 3. The predicted octanol–water partition coefficient (Wildman–Crippen LogP) is 6.28. The predicted molar refractivity (Wildman–Crippen MR) is 133 cm³/mol. The molecule has 1 aliphatic rings. The molecule has 0 saturated carbocycles. The van der Waals surface area contributed by atoms with Crippen molar-refractivity contribution in [2.45, 2.75) is 5.60 Å². The van der Waals surface area contributed by atoms with E-state index in [4.69, 9.17) is 27.9 Å². The summed E-state index contributed by atoms with van der Waals surface area (Å²) in [6.07, 6.45) is 0. The van der Waals surface area contributed by atoms with E-state index < -0.39 is 5.60 Å². The number of hydrogen-bond donors (Lipinski definition) is 0. The van der Waals surface area contributed by atoms with E-state index in [1.165, 1.54) is 22.7 Å². The number of hydrogen-bond acceptors (Lipinski definition) is 5. The molecule has 166 valence electrons. The van der Waals surface area contributed by atoms with Crippen LogP contribution in [0.15, 0.2) is 54.6 Å². The molecule has 0 N–H and O–H groups in total. The van der Waals surface area contributed by atoms with Crippen LogP contribution in [0.4, 0.5) is 5.69 Å². The van der Waals surface area contributed by atoms with Crippen LogP contribution in [0, 0.1) is 11.3 Å². The largest absolute Gasteiger partial charge is 0.349 e. The van der Waals surface area contributed by atoms with Gasteiger partial charge in [0.2, 0.25) is 0 Å². The molecular weight excluding hydrogens is 497 g/mol.